The van der Waals surface area contributed by atoms with Crippen LogP contribution in [0.25, 0.3) is 5.76 Å². The van der Waals surface area contributed by atoms with E-state index in [0.29, 0.717) is 17.1 Å². The molecule has 2 aromatic carbocycles. The van der Waals surface area contributed by atoms with Crippen molar-refractivity contribution in [3.8, 4) is 5.75 Å². The summed E-state index contributed by atoms with van der Waals surface area (Å²) >= 11 is 0. The van der Waals surface area contributed by atoms with Crippen molar-refractivity contribution < 1.29 is 23.8 Å². The number of ketones is 1. The number of Topliss-reactive ketones (excluding diaryl/α,β-unsaturated/α-hetero) is 1. The molecule has 1 aromatic heterocycles. The molecular weight excluding hydrogens is 456 g/mol. The van der Waals surface area contributed by atoms with Crippen LogP contribution in [0.3, 0.4) is 0 Å². The second-order valence-corrected chi connectivity index (χ2v) is 9.40. The van der Waals surface area contributed by atoms with Crippen molar-refractivity contribution in [3.63, 3.8) is 0 Å². The zero-order chi connectivity index (χ0) is 25.2. The molecule has 2 fully saturated rings. The largest absolute Gasteiger partial charge is 0.507 e. The summed E-state index contributed by atoms with van der Waals surface area (Å²) in [6, 6.07) is 18.1. The second kappa shape index (κ2) is 10.0. The first-order chi connectivity index (χ1) is 17.5. The fraction of sp³-hybridized carbons (Fsp3) is 0.310. The van der Waals surface area contributed by atoms with Gasteiger partial charge >= 0.3 is 0 Å². The van der Waals surface area contributed by atoms with E-state index in [1.165, 1.54) is 11.8 Å². The van der Waals surface area contributed by atoms with Crippen LogP contribution in [0.15, 0.2) is 76.9 Å². The van der Waals surface area contributed by atoms with Gasteiger partial charge in [0.05, 0.1) is 18.9 Å². The van der Waals surface area contributed by atoms with Crippen molar-refractivity contribution in [2.45, 2.75) is 38.4 Å². The highest BCUT2D eigenvalue weighted by Gasteiger charge is 2.50. The number of aliphatic hydroxyl groups excluding tert-OH is 1. The molecule has 1 atom stereocenters. The van der Waals surface area contributed by atoms with Crippen molar-refractivity contribution in [1.29, 1.82) is 0 Å². The van der Waals surface area contributed by atoms with E-state index in [1.54, 1.807) is 42.3 Å². The zero-order valence-corrected chi connectivity index (χ0v) is 20.5. The molecule has 186 valence electrons. The van der Waals surface area contributed by atoms with Crippen LogP contribution in [0.1, 0.15) is 41.3 Å². The Morgan fingerprint density at radius 2 is 1.81 bits per heavy atom. The van der Waals surface area contributed by atoms with Crippen LogP contribution < -0.4 is 4.74 Å². The highest BCUT2D eigenvalue weighted by molar-refractivity contribution is 6.46. The number of likely N-dealkylation sites (tertiary alicyclic amines) is 2. The van der Waals surface area contributed by atoms with Crippen LogP contribution in [-0.4, -0.2) is 52.8 Å². The summed E-state index contributed by atoms with van der Waals surface area (Å²) in [5.41, 5.74) is 2.59. The van der Waals surface area contributed by atoms with Crippen LogP contribution in [0.2, 0.25) is 0 Å². The topological polar surface area (TPSA) is 83.2 Å². The maximum absolute atomic E-state index is 13.4. The number of rotatable bonds is 6. The number of carbonyl (C=O) groups excluding carboxylic acids is 2. The molecule has 7 heteroatoms. The minimum Gasteiger partial charge on any atom is -0.507 e. The summed E-state index contributed by atoms with van der Waals surface area (Å²) in [5.74, 6) is -0.340. The van der Waals surface area contributed by atoms with E-state index in [0.717, 1.165) is 38.0 Å². The number of carbonyl (C=O) groups is 2. The first-order valence-corrected chi connectivity index (χ1v) is 12.2. The summed E-state index contributed by atoms with van der Waals surface area (Å²) in [5, 5.41) is 11.3. The molecule has 3 aromatic rings. The number of nitrogens with zero attached hydrogens (tertiary/aromatic N) is 2. The molecule has 5 rings (SSSR count). The second-order valence-electron chi connectivity index (χ2n) is 9.40. The highest BCUT2D eigenvalue weighted by Crippen LogP contribution is 2.42. The van der Waals surface area contributed by atoms with Crippen LogP contribution >= 0.6 is 0 Å². The molecule has 7 nitrogen and oxygen atoms in total. The molecule has 2 saturated heterocycles. The third-order valence-corrected chi connectivity index (χ3v) is 7.16. The number of furan rings is 1. The van der Waals surface area contributed by atoms with Crippen molar-refractivity contribution in [3.05, 3.63) is 95.0 Å². The van der Waals surface area contributed by atoms with Gasteiger partial charge in [0.1, 0.15) is 23.3 Å². The predicted octanol–water partition coefficient (Wildman–Crippen LogP) is 4.68. The number of methoxy groups -OCH3 is 1. The van der Waals surface area contributed by atoms with E-state index in [-0.39, 0.29) is 17.4 Å². The monoisotopic (exact) mass is 486 g/mol. The fourth-order valence-corrected chi connectivity index (χ4v) is 5.33. The van der Waals surface area contributed by atoms with Crippen molar-refractivity contribution in [1.82, 2.24) is 9.80 Å². The summed E-state index contributed by atoms with van der Waals surface area (Å²) in [7, 11) is 1.58. The number of benzene rings is 2. The van der Waals surface area contributed by atoms with Gasteiger partial charge in [-0.2, -0.15) is 0 Å². The summed E-state index contributed by atoms with van der Waals surface area (Å²) < 4.78 is 11.0. The number of piperidine rings is 1. The van der Waals surface area contributed by atoms with Gasteiger partial charge in [-0.05, 0) is 61.2 Å². The van der Waals surface area contributed by atoms with Gasteiger partial charge in [0, 0.05) is 31.2 Å². The zero-order valence-electron chi connectivity index (χ0n) is 20.5. The molecule has 3 heterocycles. The molecule has 0 radical (unpaired) electrons. The first kappa shape index (κ1) is 23.9. The average molecular weight is 487 g/mol. The van der Waals surface area contributed by atoms with E-state index in [1.807, 2.05) is 25.1 Å². The smallest absolute Gasteiger partial charge is 0.296 e. The van der Waals surface area contributed by atoms with Gasteiger partial charge in [-0.25, -0.2) is 0 Å². The lowest BCUT2D eigenvalue weighted by Gasteiger charge is -2.38. The minimum atomic E-state index is -0.770. The van der Waals surface area contributed by atoms with Crippen LogP contribution in [0.4, 0.5) is 0 Å². The van der Waals surface area contributed by atoms with Crippen molar-refractivity contribution in [2.75, 3.05) is 20.2 Å². The number of aliphatic hydroxyl groups is 1. The normalized spacial score (nSPS) is 20.7. The van der Waals surface area contributed by atoms with Gasteiger partial charge in [0.15, 0.2) is 0 Å². The number of hydrogen-bond acceptors (Lipinski definition) is 6. The third kappa shape index (κ3) is 4.42. The Morgan fingerprint density at radius 3 is 2.44 bits per heavy atom. The van der Waals surface area contributed by atoms with Gasteiger partial charge in [0.25, 0.3) is 11.7 Å². The average Bonchev–Trinajstić information content (AvgIpc) is 3.52. The molecule has 1 amide bonds. The lowest BCUT2D eigenvalue weighted by atomic mass is 9.96. The molecule has 0 bridgehead atoms. The summed E-state index contributed by atoms with van der Waals surface area (Å²) in [4.78, 5) is 30.7. The molecule has 1 N–H and O–H groups in total. The van der Waals surface area contributed by atoms with Gasteiger partial charge in [-0.3, -0.25) is 14.5 Å². The maximum Gasteiger partial charge on any atom is 0.296 e. The predicted molar refractivity (Wildman–Crippen MR) is 135 cm³/mol. The van der Waals surface area contributed by atoms with Crippen molar-refractivity contribution in [2.24, 2.45) is 0 Å². The number of ether oxygens (including phenoxy) is 1. The molecular formula is C29H30N2O5. The Bertz CT molecular complexity index is 1270. The first-order valence-electron chi connectivity index (χ1n) is 12.2. The standard InChI is InChI=1S/C29H30N2O5/c1-19-17-21(10-11-23(19)35-2)27(32)25-26(24-9-6-16-36-24)31(29(34)28(25)33)22-12-14-30(15-13-22)18-20-7-4-3-5-8-20/h3-11,16-17,22,26,32H,12-15,18H2,1-2H3/b27-25-. The number of amides is 1. The lowest BCUT2D eigenvalue weighted by Crippen LogP contribution is -2.46. The van der Waals surface area contributed by atoms with Crippen LogP contribution in [0.5, 0.6) is 5.75 Å². The molecule has 0 saturated carbocycles. The Kier molecular flexibility index (Phi) is 6.65. The number of hydrogen-bond donors (Lipinski definition) is 1. The van der Waals surface area contributed by atoms with Gasteiger partial charge < -0.3 is 19.2 Å². The lowest BCUT2D eigenvalue weighted by molar-refractivity contribution is -0.142. The fourth-order valence-electron chi connectivity index (χ4n) is 5.33. The third-order valence-electron chi connectivity index (χ3n) is 7.16. The van der Waals surface area contributed by atoms with Crippen LogP contribution in [0, 0.1) is 6.92 Å². The highest BCUT2D eigenvalue weighted by atomic mass is 16.5. The molecule has 1 unspecified atom stereocenters. The molecule has 2 aliphatic rings. The summed E-state index contributed by atoms with van der Waals surface area (Å²) in [6.45, 7) is 4.34. The maximum atomic E-state index is 13.4. The molecule has 0 aliphatic carbocycles. The molecule has 0 spiro atoms. The van der Waals surface area contributed by atoms with E-state index in [2.05, 4.69) is 17.0 Å². The Morgan fingerprint density at radius 1 is 1.06 bits per heavy atom. The van der Waals surface area contributed by atoms with Gasteiger partial charge in [-0.15, -0.1) is 0 Å². The number of aryl methyl sites for hydroxylation is 1. The Labute approximate surface area is 210 Å². The SMILES string of the molecule is COc1ccc(/C(O)=C2/C(=O)C(=O)N(C3CCN(Cc4ccccc4)CC3)C2c2ccco2)cc1C. The van der Waals surface area contributed by atoms with Gasteiger partial charge in [0.2, 0.25) is 0 Å². The Balaban J connectivity index is 1.44. The van der Waals surface area contributed by atoms with E-state index in [4.69, 9.17) is 9.15 Å². The summed E-state index contributed by atoms with van der Waals surface area (Å²) in [6.07, 6.45) is 2.99. The van der Waals surface area contributed by atoms with Crippen LogP contribution in [-0.2, 0) is 16.1 Å². The minimum absolute atomic E-state index is 0.0613. The molecule has 36 heavy (non-hydrogen) atoms. The van der Waals surface area contributed by atoms with Gasteiger partial charge in [-0.1, -0.05) is 30.3 Å². The van der Waals surface area contributed by atoms with E-state index in [9.17, 15) is 14.7 Å². The quantitative estimate of drug-likeness (QED) is 0.309. The van der Waals surface area contributed by atoms with E-state index >= 15 is 0 Å². The van der Waals surface area contributed by atoms with Crippen molar-refractivity contribution >= 4 is 17.4 Å². The van der Waals surface area contributed by atoms with E-state index < -0.39 is 17.7 Å². The molecule has 2 aliphatic heterocycles. The Hall–Kier alpha value is -3.84.